The zero-order valence-corrected chi connectivity index (χ0v) is 16.5. The molecule has 0 radical (unpaired) electrons. The van der Waals surface area contributed by atoms with E-state index >= 15 is 0 Å². The fraction of sp³-hybridized carbons (Fsp3) is 0.217. The van der Waals surface area contributed by atoms with E-state index in [4.69, 9.17) is 0 Å². The van der Waals surface area contributed by atoms with Crippen LogP contribution in [0.5, 0.6) is 0 Å². The van der Waals surface area contributed by atoms with Gasteiger partial charge in [0.2, 0.25) is 11.8 Å². The molecule has 2 aliphatic rings. The fourth-order valence-corrected chi connectivity index (χ4v) is 4.38. The van der Waals surface area contributed by atoms with Gasteiger partial charge < -0.3 is 0 Å². The maximum atomic E-state index is 13.0. The number of benzene rings is 2. The molecule has 5 rings (SSSR count). The first-order valence-corrected chi connectivity index (χ1v) is 10.1. The van der Waals surface area contributed by atoms with Crippen molar-refractivity contribution < 1.29 is 9.59 Å². The Bertz CT molecular complexity index is 1290. The number of allylic oxidation sites excluding steroid dienone is 1. The molecule has 8 heteroatoms. The summed E-state index contributed by atoms with van der Waals surface area (Å²) >= 11 is 0. The number of anilines is 1. The van der Waals surface area contributed by atoms with Crippen molar-refractivity contribution >= 4 is 17.5 Å². The first kappa shape index (κ1) is 19.0. The maximum Gasteiger partial charge on any atom is 0.347 e. The second-order valence-corrected chi connectivity index (χ2v) is 7.81. The Morgan fingerprint density at radius 2 is 1.52 bits per heavy atom. The van der Waals surface area contributed by atoms with Crippen LogP contribution >= 0.6 is 0 Å². The second kappa shape index (κ2) is 7.39. The van der Waals surface area contributed by atoms with E-state index in [-0.39, 0.29) is 24.8 Å². The fourth-order valence-electron chi connectivity index (χ4n) is 4.38. The van der Waals surface area contributed by atoms with Crippen molar-refractivity contribution in [2.75, 3.05) is 4.90 Å². The lowest BCUT2D eigenvalue weighted by atomic mass is 9.84. The molecular weight excluding hydrogens is 396 g/mol. The number of para-hydroxylation sites is 1. The lowest BCUT2D eigenvalue weighted by molar-refractivity contribution is -0.122. The average Bonchev–Trinajstić information content (AvgIpc) is 3.22. The molecule has 1 aliphatic heterocycles. The summed E-state index contributed by atoms with van der Waals surface area (Å²) in [4.78, 5) is 52.4. The summed E-state index contributed by atoms with van der Waals surface area (Å²) in [6.45, 7) is 0.156. The molecule has 2 heterocycles. The number of carbonyl (C=O) groups is 2. The quantitative estimate of drug-likeness (QED) is 0.517. The zero-order valence-electron chi connectivity index (χ0n) is 16.5. The van der Waals surface area contributed by atoms with Gasteiger partial charge >= 0.3 is 11.4 Å². The van der Waals surface area contributed by atoms with Gasteiger partial charge in [-0.2, -0.15) is 0 Å². The maximum absolute atomic E-state index is 13.0. The smallest absolute Gasteiger partial charge is 0.274 e. The number of rotatable bonds is 4. The van der Waals surface area contributed by atoms with E-state index in [0.29, 0.717) is 5.69 Å². The van der Waals surface area contributed by atoms with Gasteiger partial charge in [0.05, 0.1) is 30.1 Å². The summed E-state index contributed by atoms with van der Waals surface area (Å²) < 4.78 is 2.38. The van der Waals surface area contributed by atoms with Crippen LogP contribution in [0.25, 0.3) is 0 Å². The van der Waals surface area contributed by atoms with Crippen LogP contribution in [0.15, 0.2) is 82.4 Å². The molecule has 31 heavy (non-hydrogen) atoms. The number of H-pyrrole nitrogens is 1. The minimum Gasteiger partial charge on any atom is -0.274 e. The van der Waals surface area contributed by atoms with E-state index in [1.807, 2.05) is 36.4 Å². The van der Waals surface area contributed by atoms with E-state index in [0.717, 1.165) is 10.1 Å². The number of carbonyl (C=O) groups excluding carboxylic acids is 2. The molecule has 8 nitrogen and oxygen atoms in total. The molecule has 1 N–H and O–H groups in total. The van der Waals surface area contributed by atoms with E-state index < -0.39 is 29.3 Å². The predicted octanol–water partition coefficient (Wildman–Crippen LogP) is 1.69. The highest BCUT2D eigenvalue weighted by Gasteiger charge is 2.49. The van der Waals surface area contributed by atoms with Gasteiger partial charge in [-0.05, 0) is 24.1 Å². The van der Waals surface area contributed by atoms with Gasteiger partial charge in [-0.1, -0.05) is 60.7 Å². The molecule has 0 unspecified atom stereocenters. The average molecular weight is 416 g/mol. The van der Waals surface area contributed by atoms with E-state index in [1.165, 1.54) is 9.58 Å². The van der Waals surface area contributed by atoms with Crippen molar-refractivity contribution in [2.45, 2.75) is 19.0 Å². The zero-order chi connectivity index (χ0) is 21.5. The Balaban J connectivity index is 1.43. The molecule has 3 atom stereocenters. The number of fused-ring (bicyclic) bond motifs is 1. The van der Waals surface area contributed by atoms with Crippen LogP contribution in [0.3, 0.4) is 0 Å². The number of aromatic nitrogens is 3. The third-order valence-corrected chi connectivity index (χ3v) is 5.94. The van der Waals surface area contributed by atoms with Crippen molar-refractivity contribution in [1.82, 2.24) is 14.3 Å². The third-order valence-electron chi connectivity index (χ3n) is 5.94. The molecule has 2 aromatic carbocycles. The number of imide groups is 1. The number of hydrogen-bond donors (Lipinski definition) is 1. The van der Waals surface area contributed by atoms with Gasteiger partial charge in [-0.15, -0.1) is 0 Å². The van der Waals surface area contributed by atoms with E-state index in [9.17, 15) is 19.2 Å². The largest absolute Gasteiger partial charge is 0.347 e. The van der Waals surface area contributed by atoms with Crippen LogP contribution in [0, 0.1) is 11.8 Å². The molecule has 0 bridgehead atoms. The van der Waals surface area contributed by atoms with Crippen molar-refractivity contribution in [3.63, 3.8) is 0 Å². The number of hydrogen-bond acceptors (Lipinski definition) is 4. The summed E-state index contributed by atoms with van der Waals surface area (Å²) in [5.74, 6) is -1.68. The summed E-state index contributed by atoms with van der Waals surface area (Å²) in [6.07, 6.45) is 3.67. The van der Waals surface area contributed by atoms with Gasteiger partial charge in [0, 0.05) is 0 Å². The first-order chi connectivity index (χ1) is 15.0. The van der Waals surface area contributed by atoms with Crippen molar-refractivity contribution in [2.24, 2.45) is 11.8 Å². The molecule has 156 valence electrons. The van der Waals surface area contributed by atoms with Crippen LogP contribution in [0.2, 0.25) is 0 Å². The SMILES string of the molecule is O=C1[C@H]2C[C@@H](n3[nH]c(=O)n(Cc4ccccc4)c3=O)C=C[C@H]2C(=O)N1c1ccccc1. The topological polar surface area (TPSA) is 97.2 Å². The van der Waals surface area contributed by atoms with Crippen molar-refractivity contribution in [1.29, 1.82) is 0 Å². The Labute approximate surface area is 177 Å². The Hall–Kier alpha value is -3.94. The number of nitrogens with zero attached hydrogens (tertiary/aromatic N) is 3. The standard InChI is InChI=1S/C23H20N4O4/c28-20-18-12-11-17(13-19(18)21(29)26(20)16-9-5-2-6-10-16)27-23(31)25(22(30)24-27)14-15-7-3-1-4-8-15/h1-12,17-19H,13-14H2,(H,24,30)/t17-,18+,19-/m0/s1. The van der Waals surface area contributed by atoms with Gasteiger partial charge in [-0.3, -0.25) is 9.59 Å². The monoisotopic (exact) mass is 416 g/mol. The van der Waals surface area contributed by atoms with Gasteiger partial charge in [0.25, 0.3) is 0 Å². The van der Waals surface area contributed by atoms with E-state index in [2.05, 4.69) is 5.10 Å². The predicted molar refractivity (Wildman–Crippen MR) is 114 cm³/mol. The molecule has 3 aromatic rings. The Morgan fingerprint density at radius 1 is 0.839 bits per heavy atom. The molecule has 0 spiro atoms. The Morgan fingerprint density at radius 3 is 2.23 bits per heavy atom. The molecule has 0 saturated carbocycles. The molecule has 2 amide bonds. The van der Waals surface area contributed by atoms with Crippen LogP contribution in [0.1, 0.15) is 18.0 Å². The van der Waals surface area contributed by atoms with Gasteiger partial charge in [0.1, 0.15) is 0 Å². The minimum atomic E-state index is -0.574. The molecule has 1 aromatic heterocycles. The second-order valence-electron chi connectivity index (χ2n) is 7.81. The summed E-state index contributed by atoms with van der Waals surface area (Å²) in [5, 5.41) is 2.60. The lowest BCUT2D eigenvalue weighted by Crippen LogP contribution is -2.33. The third kappa shape index (κ3) is 3.16. The highest BCUT2D eigenvalue weighted by Crippen LogP contribution is 2.39. The number of nitrogens with one attached hydrogen (secondary N) is 1. The lowest BCUT2D eigenvalue weighted by Gasteiger charge is -2.23. The summed E-state index contributed by atoms with van der Waals surface area (Å²) in [5.41, 5.74) is 0.390. The van der Waals surface area contributed by atoms with Gasteiger partial charge in [-0.25, -0.2) is 28.8 Å². The summed E-state index contributed by atoms with van der Waals surface area (Å²) in [6, 6.07) is 17.5. The highest BCUT2D eigenvalue weighted by atomic mass is 16.2. The van der Waals surface area contributed by atoms with E-state index in [1.54, 1.807) is 36.4 Å². The molecule has 1 fully saturated rings. The summed E-state index contributed by atoms with van der Waals surface area (Å²) in [7, 11) is 0. The number of amides is 2. The highest BCUT2D eigenvalue weighted by molar-refractivity contribution is 6.22. The van der Waals surface area contributed by atoms with Crippen LogP contribution in [-0.4, -0.2) is 26.2 Å². The van der Waals surface area contributed by atoms with Crippen LogP contribution in [0.4, 0.5) is 5.69 Å². The molecule has 1 saturated heterocycles. The van der Waals surface area contributed by atoms with Crippen LogP contribution < -0.4 is 16.3 Å². The van der Waals surface area contributed by atoms with Crippen LogP contribution in [-0.2, 0) is 16.1 Å². The van der Waals surface area contributed by atoms with Crippen molar-refractivity contribution in [3.8, 4) is 0 Å². The first-order valence-electron chi connectivity index (χ1n) is 10.1. The Kier molecular flexibility index (Phi) is 4.54. The molecular formula is C23H20N4O4. The normalized spacial score (nSPS) is 22.7. The van der Waals surface area contributed by atoms with Gasteiger partial charge in [0.15, 0.2) is 0 Å². The van der Waals surface area contributed by atoms with Crippen molar-refractivity contribution in [3.05, 3.63) is 99.3 Å². The number of aromatic amines is 1. The molecule has 1 aliphatic carbocycles. The minimum absolute atomic E-state index is 0.156.